The first-order chi connectivity index (χ1) is 7.15. The lowest BCUT2D eigenvalue weighted by molar-refractivity contribution is 0.403. The van der Waals surface area contributed by atoms with Gasteiger partial charge >= 0.3 is 0 Å². The van der Waals surface area contributed by atoms with Crippen LogP contribution in [0.4, 0.5) is 0 Å². The average molecular weight is 229 g/mol. The highest BCUT2D eigenvalue weighted by atomic mass is 35.5. The third-order valence-electron chi connectivity index (χ3n) is 2.42. The summed E-state index contributed by atoms with van der Waals surface area (Å²) in [5, 5.41) is 18.8. The highest BCUT2D eigenvalue weighted by molar-refractivity contribution is 6.32. The molecule has 0 fully saturated rings. The summed E-state index contributed by atoms with van der Waals surface area (Å²) in [6.45, 7) is 2.17. The van der Waals surface area contributed by atoms with Gasteiger partial charge in [0.2, 0.25) is 0 Å². The standard InChI is InChI=1S/C12H17ClO2/c1-2-3-4-5-6-9-7-10(13)12(15)11(14)8-9/h7-8,14-15H,2-6H2,1H3. The van der Waals surface area contributed by atoms with E-state index in [1.54, 1.807) is 12.1 Å². The number of benzene rings is 1. The fraction of sp³-hybridized carbons (Fsp3) is 0.500. The number of aryl methyl sites for hydroxylation is 1. The van der Waals surface area contributed by atoms with E-state index in [0.29, 0.717) is 0 Å². The number of phenolic OH excluding ortho intramolecular Hbond substituents is 2. The maximum absolute atomic E-state index is 9.35. The fourth-order valence-corrected chi connectivity index (χ4v) is 1.78. The minimum absolute atomic E-state index is 0.131. The lowest BCUT2D eigenvalue weighted by atomic mass is 10.1. The molecule has 0 unspecified atom stereocenters. The summed E-state index contributed by atoms with van der Waals surface area (Å²) in [4.78, 5) is 0. The highest BCUT2D eigenvalue weighted by Crippen LogP contribution is 2.34. The third kappa shape index (κ3) is 3.63. The molecule has 0 aliphatic rings. The number of halogens is 1. The van der Waals surface area contributed by atoms with E-state index in [0.717, 1.165) is 18.4 Å². The normalized spacial score (nSPS) is 10.5. The van der Waals surface area contributed by atoms with Gasteiger partial charge < -0.3 is 10.2 Å². The van der Waals surface area contributed by atoms with Crippen LogP contribution in [0.3, 0.4) is 0 Å². The van der Waals surface area contributed by atoms with Gasteiger partial charge in [-0.3, -0.25) is 0 Å². The molecule has 1 aromatic carbocycles. The molecule has 0 saturated heterocycles. The lowest BCUT2D eigenvalue weighted by Crippen LogP contribution is -1.86. The minimum atomic E-state index is -0.228. The zero-order valence-electron chi connectivity index (χ0n) is 8.96. The monoisotopic (exact) mass is 228 g/mol. The SMILES string of the molecule is CCCCCCc1cc(O)c(O)c(Cl)c1. The summed E-state index contributed by atoms with van der Waals surface area (Å²) < 4.78 is 0. The first-order valence-corrected chi connectivity index (χ1v) is 5.73. The Kier molecular flexibility index (Phi) is 4.76. The van der Waals surface area contributed by atoms with E-state index in [1.165, 1.54) is 19.3 Å². The van der Waals surface area contributed by atoms with Crippen LogP contribution in [0.15, 0.2) is 12.1 Å². The van der Waals surface area contributed by atoms with Crippen LogP contribution in [0.1, 0.15) is 38.2 Å². The lowest BCUT2D eigenvalue weighted by Gasteiger charge is -2.05. The third-order valence-corrected chi connectivity index (χ3v) is 2.71. The molecule has 0 atom stereocenters. The molecule has 0 saturated carbocycles. The zero-order valence-corrected chi connectivity index (χ0v) is 9.72. The molecule has 15 heavy (non-hydrogen) atoms. The van der Waals surface area contributed by atoms with Gasteiger partial charge in [0, 0.05) is 0 Å². The Bertz CT molecular complexity index is 300. The molecule has 3 heteroatoms. The van der Waals surface area contributed by atoms with Gasteiger partial charge in [0.05, 0.1) is 5.02 Å². The second kappa shape index (κ2) is 5.86. The first kappa shape index (κ1) is 12.2. The predicted octanol–water partition coefficient (Wildman–Crippen LogP) is 3.87. The first-order valence-electron chi connectivity index (χ1n) is 5.35. The van der Waals surface area contributed by atoms with Crippen molar-refractivity contribution in [3.8, 4) is 11.5 Å². The van der Waals surface area contributed by atoms with Crippen LogP contribution < -0.4 is 0 Å². The molecule has 0 amide bonds. The van der Waals surface area contributed by atoms with E-state index in [-0.39, 0.29) is 16.5 Å². The molecule has 0 aliphatic carbocycles. The molecule has 1 rings (SSSR count). The summed E-state index contributed by atoms with van der Waals surface area (Å²) in [5.74, 6) is -0.359. The van der Waals surface area contributed by atoms with Crippen LogP contribution in [0.5, 0.6) is 11.5 Å². The molecule has 0 radical (unpaired) electrons. The van der Waals surface area contributed by atoms with Crippen molar-refractivity contribution in [2.75, 3.05) is 0 Å². The van der Waals surface area contributed by atoms with Gasteiger partial charge in [0.15, 0.2) is 11.5 Å². The van der Waals surface area contributed by atoms with Crippen LogP contribution in [-0.4, -0.2) is 10.2 Å². The molecule has 0 heterocycles. The van der Waals surface area contributed by atoms with Crippen LogP contribution in [0.25, 0.3) is 0 Å². The van der Waals surface area contributed by atoms with E-state index in [4.69, 9.17) is 11.6 Å². The maximum Gasteiger partial charge on any atom is 0.176 e. The van der Waals surface area contributed by atoms with Crippen LogP contribution in [0.2, 0.25) is 5.02 Å². The molecule has 2 nitrogen and oxygen atoms in total. The highest BCUT2D eigenvalue weighted by Gasteiger charge is 2.06. The summed E-state index contributed by atoms with van der Waals surface area (Å²) in [6, 6.07) is 3.29. The number of aromatic hydroxyl groups is 2. The Hall–Kier alpha value is -0.890. The van der Waals surface area contributed by atoms with Crippen LogP contribution in [0, 0.1) is 0 Å². The van der Waals surface area contributed by atoms with Gasteiger partial charge in [-0.1, -0.05) is 37.8 Å². The molecular formula is C12H17ClO2. The molecule has 0 bridgehead atoms. The Labute approximate surface area is 95.5 Å². The number of phenols is 2. The van der Waals surface area contributed by atoms with Crippen molar-refractivity contribution in [2.24, 2.45) is 0 Å². The summed E-state index contributed by atoms with van der Waals surface area (Å²) in [7, 11) is 0. The summed E-state index contributed by atoms with van der Waals surface area (Å²) in [5.41, 5.74) is 0.978. The van der Waals surface area contributed by atoms with Gasteiger partial charge in [-0.05, 0) is 30.5 Å². The Balaban J connectivity index is 2.55. The predicted molar refractivity (Wildman–Crippen MR) is 62.6 cm³/mol. The summed E-state index contributed by atoms with van der Waals surface area (Å²) >= 11 is 5.75. The Morgan fingerprint density at radius 2 is 1.87 bits per heavy atom. The number of rotatable bonds is 5. The van der Waals surface area contributed by atoms with Gasteiger partial charge in [0.1, 0.15) is 0 Å². The van der Waals surface area contributed by atoms with Crippen LogP contribution >= 0.6 is 11.6 Å². The molecule has 84 valence electrons. The van der Waals surface area contributed by atoms with Crippen molar-refractivity contribution >= 4 is 11.6 Å². The largest absolute Gasteiger partial charge is 0.504 e. The van der Waals surface area contributed by atoms with E-state index in [9.17, 15) is 10.2 Å². The number of hydrogen-bond donors (Lipinski definition) is 2. The van der Waals surface area contributed by atoms with E-state index < -0.39 is 0 Å². The van der Waals surface area contributed by atoms with E-state index in [1.807, 2.05) is 0 Å². The number of hydrogen-bond acceptors (Lipinski definition) is 2. The Morgan fingerprint density at radius 1 is 1.13 bits per heavy atom. The molecular weight excluding hydrogens is 212 g/mol. The van der Waals surface area contributed by atoms with Gasteiger partial charge in [-0.2, -0.15) is 0 Å². The molecule has 1 aromatic rings. The van der Waals surface area contributed by atoms with Crippen molar-refractivity contribution in [2.45, 2.75) is 39.0 Å². The molecule has 2 N–H and O–H groups in total. The summed E-state index contributed by atoms with van der Waals surface area (Å²) in [6.07, 6.45) is 5.62. The van der Waals surface area contributed by atoms with Gasteiger partial charge in [0.25, 0.3) is 0 Å². The second-order valence-electron chi connectivity index (χ2n) is 3.76. The minimum Gasteiger partial charge on any atom is -0.504 e. The second-order valence-corrected chi connectivity index (χ2v) is 4.16. The quantitative estimate of drug-likeness (QED) is 0.593. The molecule has 0 aromatic heterocycles. The van der Waals surface area contributed by atoms with Gasteiger partial charge in [-0.25, -0.2) is 0 Å². The van der Waals surface area contributed by atoms with Crippen molar-refractivity contribution in [1.82, 2.24) is 0 Å². The van der Waals surface area contributed by atoms with Crippen molar-refractivity contribution in [1.29, 1.82) is 0 Å². The fourth-order valence-electron chi connectivity index (χ4n) is 1.54. The van der Waals surface area contributed by atoms with Crippen molar-refractivity contribution in [3.05, 3.63) is 22.7 Å². The zero-order chi connectivity index (χ0) is 11.3. The smallest absolute Gasteiger partial charge is 0.176 e. The van der Waals surface area contributed by atoms with E-state index >= 15 is 0 Å². The van der Waals surface area contributed by atoms with Crippen molar-refractivity contribution in [3.63, 3.8) is 0 Å². The average Bonchev–Trinajstić information content (AvgIpc) is 2.21. The van der Waals surface area contributed by atoms with Crippen molar-refractivity contribution < 1.29 is 10.2 Å². The maximum atomic E-state index is 9.35. The van der Waals surface area contributed by atoms with Crippen LogP contribution in [-0.2, 0) is 6.42 Å². The van der Waals surface area contributed by atoms with Gasteiger partial charge in [-0.15, -0.1) is 0 Å². The van der Waals surface area contributed by atoms with E-state index in [2.05, 4.69) is 6.92 Å². The molecule has 0 spiro atoms. The Morgan fingerprint density at radius 3 is 2.47 bits per heavy atom. The topological polar surface area (TPSA) is 40.5 Å². The number of unbranched alkanes of at least 4 members (excludes halogenated alkanes) is 3. The molecule has 0 aliphatic heterocycles.